The van der Waals surface area contributed by atoms with Crippen LogP contribution < -0.4 is 16.8 Å². The molecule has 0 spiro atoms. The van der Waals surface area contributed by atoms with Crippen LogP contribution in [0.25, 0.3) is 0 Å². The van der Waals surface area contributed by atoms with Gasteiger partial charge in [0.2, 0.25) is 0 Å². The van der Waals surface area contributed by atoms with E-state index in [4.69, 9.17) is 23.1 Å². The summed E-state index contributed by atoms with van der Waals surface area (Å²) < 4.78 is 0. The van der Waals surface area contributed by atoms with Crippen molar-refractivity contribution in [1.29, 1.82) is 0 Å². The molecule has 4 nitrogen and oxygen atoms in total. The predicted octanol–water partition coefficient (Wildman–Crippen LogP) is 13.0. The van der Waals surface area contributed by atoms with Gasteiger partial charge >= 0.3 is 0 Å². The maximum Gasteiger partial charge on any atom is 0.0548 e. The van der Waals surface area contributed by atoms with Gasteiger partial charge in [0, 0.05) is 17.6 Å². The van der Waals surface area contributed by atoms with Crippen molar-refractivity contribution in [2.24, 2.45) is 35.1 Å². The van der Waals surface area contributed by atoms with Gasteiger partial charge in [-0.1, -0.05) is 145 Å². The topological polar surface area (TPSA) is 67.3 Å². The van der Waals surface area contributed by atoms with Crippen molar-refractivity contribution in [2.75, 3.05) is 26.0 Å². The van der Waals surface area contributed by atoms with Gasteiger partial charge in [-0.15, -0.1) is 30.5 Å². The highest BCUT2D eigenvalue weighted by atomic mass is 35.5. The Morgan fingerprint density at radius 2 is 1.42 bits per heavy atom. The molecule has 3 rings (SSSR count). The largest absolute Gasteiger partial charge is 0.403 e. The number of rotatable bonds is 13. The molecule has 1 saturated heterocycles. The quantitative estimate of drug-likeness (QED) is 0.101. The van der Waals surface area contributed by atoms with Crippen molar-refractivity contribution in [1.82, 2.24) is 10.2 Å². The molecule has 0 aromatic heterocycles. The van der Waals surface area contributed by atoms with Crippen LogP contribution in [0.1, 0.15) is 159 Å². The first kappa shape index (κ1) is 55.1. The fourth-order valence-electron chi connectivity index (χ4n) is 5.67. The molecule has 5 heteroatoms. The second kappa shape index (κ2) is 40.1. The summed E-state index contributed by atoms with van der Waals surface area (Å²) in [6, 6.07) is 0.788. The molecule has 0 bridgehead atoms. The SMILES string of the molecule is C=C(C)N.C=C=C(CCN)C(CC1CCC1)NC(=C)C1CCCN1C.C=CCC(C)CC.C=CCC1CCCCC1.CC.CC(C)C.CCCl. The number of nitrogens with one attached hydrogen (secondary N) is 1. The number of likely N-dealkylation sites (N-methyl/N-ethyl adjacent to an activating group) is 1. The first-order chi connectivity index (χ1) is 23.8. The molecule has 0 aromatic rings. The van der Waals surface area contributed by atoms with Crippen LogP contribution in [0.15, 0.2) is 67.7 Å². The van der Waals surface area contributed by atoms with Crippen LogP contribution in [0.2, 0.25) is 0 Å². The highest BCUT2D eigenvalue weighted by Crippen LogP contribution is 2.33. The third kappa shape index (κ3) is 36.1. The number of hydrogen-bond acceptors (Lipinski definition) is 4. The van der Waals surface area contributed by atoms with Gasteiger partial charge in [-0.2, -0.15) is 0 Å². The van der Waals surface area contributed by atoms with Crippen molar-refractivity contribution in [3.63, 3.8) is 0 Å². The lowest BCUT2D eigenvalue weighted by molar-refractivity contribution is 0.267. The van der Waals surface area contributed by atoms with E-state index in [-0.39, 0.29) is 0 Å². The Labute approximate surface area is 320 Å². The lowest BCUT2D eigenvalue weighted by Crippen LogP contribution is -2.40. The number of alkyl halides is 1. The highest BCUT2D eigenvalue weighted by molar-refractivity contribution is 6.17. The van der Waals surface area contributed by atoms with E-state index in [1.54, 1.807) is 6.92 Å². The van der Waals surface area contributed by atoms with Crippen LogP contribution >= 0.6 is 11.6 Å². The molecule has 2 aliphatic carbocycles. The zero-order chi connectivity index (χ0) is 39.3. The van der Waals surface area contributed by atoms with Gasteiger partial charge in [0.15, 0.2) is 0 Å². The Morgan fingerprint density at radius 1 is 0.920 bits per heavy atom. The number of allylic oxidation sites excluding steroid dienone is 3. The van der Waals surface area contributed by atoms with Crippen LogP contribution in [-0.4, -0.2) is 43.0 Å². The summed E-state index contributed by atoms with van der Waals surface area (Å²) in [5, 5.41) is 3.69. The fourth-order valence-corrected chi connectivity index (χ4v) is 5.67. The highest BCUT2D eigenvalue weighted by Gasteiger charge is 2.28. The third-order valence-electron chi connectivity index (χ3n) is 8.63. The van der Waals surface area contributed by atoms with Crippen LogP contribution in [0.5, 0.6) is 0 Å². The molecule has 5 N–H and O–H groups in total. The molecule has 1 heterocycles. The third-order valence-corrected chi connectivity index (χ3v) is 8.63. The van der Waals surface area contributed by atoms with Gasteiger partial charge in [0.25, 0.3) is 0 Å². The fraction of sp³-hybridized carbons (Fsp3) is 0.756. The molecule has 3 atom stereocenters. The molecule has 0 radical (unpaired) electrons. The van der Waals surface area contributed by atoms with E-state index in [0.29, 0.717) is 24.3 Å². The van der Waals surface area contributed by atoms with Crippen molar-refractivity contribution < 1.29 is 0 Å². The number of nitrogens with two attached hydrogens (primary N) is 2. The molecular formula is C45H89ClN4. The second-order valence-corrected chi connectivity index (χ2v) is 15.1. The smallest absolute Gasteiger partial charge is 0.0548 e. The number of halogens is 1. The summed E-state index contributed by atoms with van der Waals surface area (Å²) in [6.07, 6.45) is 23.6. The maximum absolute atomic E-state index is 5.75. The Bertz CT molecular complexity index is 827. The van der Waals surface area contributed by atoms with E-state index in [2.05, 4.69) is 96.6 Å². The first-order valence-corrected chi connectivity index (χ1v) is 20.7. The van der Waals surface area contributed by atoms with E-state index in [1.807, 2.05) is 26.8 Å². The molecule has 50 heavy (non-hydrogen) atoms. The summed E-state index contributed by atoms with van der Waals surface area (Å²) >= 11 is 5.00. The molecule has 3 fully saturated rings. The van der Waals surface area contributed by atoms with Crippen molar-refractivity contribution in [3.8, 4) is 0 Å². The molecule has 2 saturated carbocycles. The van der Waals surface area contributed by atoms with Crippen molar-refractivity contribution in [3.05, 3.63) is 67.7 Å². The average Bonchev–Trinajstić information content (AvgIpc) is 3.49. The van der Waals surface area contributed by atoms with Crippen molar-refractivity contribution in [2.45, 2.75) is 171 Å². The zero-order valence-corrected chi connectivity index (χ0v) is 36.1. The normalized spacial score (nSPS) is 17.7. The summed E-state index contributed by atoms with van der Waals surface area (Å²) in [5.74, 6) is 4.21. The summed E-state index contributed by atoms with van der Waals surface area (Å²) in [5.41, 5.74) is 16.8. The number of likely N-dealkylation sites (tertiary alicyclic amines) is 1. The van der Waals surface area contributed by atoms with Gasteiger partial charge in [-0.3, -0.25) is 4.90 Å². The van der Waals surface area contributed by atoms with Gasteiger partial charge in [0.1, 0.15) is 0 Å². The van der Waals surface area contributed by atoms with E-state index < -0.39 is 0 Å². The molecule has 0 amide bonds. The Balaban J connectivity index is -0.000000302. The lowest BCUT2D eigenvalue weighted by atomic mass is 9.79. The minimum atomic E-state index is 0.317. The van der Waals surface area contributed by atoms with E-state index >= 15 is 0 Å². The lowest BCUT2D eigenvalue weighted by Gasteiger charge is -2.33. The van der Waals surface area contributed by atoms with Crippen LogP contribution in [-0.2, 0) is 0 Å². The number of hydrogen-bond donors (Lipinski definition) is 3. The molecule has 3 unspecified atom stereocenters. The second-order valence-electron chi connectivity index (χ2n) is 14.5. The minimum Gasteiger partial charge on any atom is -0.403 e. The predicted molar refractivity (Wildman–Crippen MR) is 233 cm³/mol. The van der Waals surface area contributed by atoms with Gasteiger partial charge < -0.3 is 16.8 Å². The van der Waals surface area contributed by atoms with E-state index in [0.717, 1.165) is 48.1 Å². The van der Waals surface area contributed by atoms with Gasteiger partial charge in [-0.05, 0) is 101 Å². The van der Waals surface area contributed by atoms with Crippen molar-refractivity contribution >= 4 is 11.6 Å². The summed E-state index contributed by atoms with van der Waals surface area (Å²) in [6.45, 7) is 39.3. The number of nitrogens with zero attached hydrogens (tertiary/aromatic N) is 1. The molecule has 1 aliphatic heterocycles. The molecule has 296 valence electrons. The van der Waals surface area contributed by atoms with Crippen LogP contribution in [0.3, 0.4) is 0 Å². The standard InChI is InChI=1S/C18H31N3.C9H16.C7H14.C4H10.C3H7N.C2H5Cl.C2H6/c1-4-16(10-11-19)17(13-15-7-5-8-15)20-14(2)18-9-6-12-21(18)3;1-2-6-9-7-4-3-5-8-9;1-4-6-7(3)5-2;1-4(2)3;1-3(2)4;1-2-3;1-2/h15,17-18,20H,1-2,5-13,19H2,3H3;2,9H,1,3-8H2;4,7H,1,5-6H2,2-3H3;4H,1-3H3;1,4H2,2H3;2H2,1H3;1-2H3. The van der Waals surface area contributed by atoms with Crippen LogP contribution in [0.4, 0.5) is 0 Å². The summed E-state index contributed by atoms with van der Waals surface area (Å²) in [4.78, 5) is 2.40. The van der Waals surface area contributed by atoms with Gasteiger partial charge in [-0.25, -0.2) is 0 Å². The first-order valence-electron chi connectivity index (χ1n) is 20.2. The Kier molecular flexibility index (Phi) is 44.1. The monoisotopic (exact) mass is 721 g/mol. The summed E-state index contributed by atoms with van der Waals surface area (Å²) in [7, 11) is 2.19. The van der Waals surface area contributed by atoms with Crippen LogP contribution in [0, 0.1) is 23.7 Å². The molecule has 3 aliphatic rings. The van der Waals surface area contributed by atoms with E-state index in [9.17, 15) is 0 Å². The average molecular weight is 722 g/mol. The molecule has 0 aromatic carbocycles. The van der Waals surface area contributed by atoms with E-state index in [1.165, 1.54) is 95.6 Å². The minimum absolute atomic E-state index is 0.317. The Hall–Kier alpha value is -1.71. The zero-order valence-electron chi connectivity index (χ0n) is 35.4. The molecular weight excluding hydrogens is 632 g/mol. The van der Waals surface area contributed by atoms with Gasteiger partial charge in [0.05, 0.1) is 6.04 Å². The maximum atomic E-state index is 5.75. The Morgan fingerprint density at radius 3 is 1.74 bits per heavy atom.